The molecular weight excluding hydrogens is 369 g/mol. The molecule has 2 aromatic carbocycles. The van der Waals surface area contributed by atoms with Crippen LogP contribution in [0.1, 0.15) is 44.6 Å². The number of urea groups is 1. The van der Waals surface area contributed by atoms with Gasteiger partial charge in [-0.2, -0.15) is 0 Å². The van der Waals surface area contributed by atoms with Crippen LogP contribution in [0, 0.1) is 12.7 Å². The Morgan fingerprint density at radius 3 is 2.31 bits per heavy atom. The number of hydrogen-bond acceptors (Lipinski definition) is 2. The Morgan fingerprint density at radius 2 is 1.66 bits per heavy atom. The van der Waals surface area contributed by atoms with Gasteiger partial charge in [0.15, 0.2) is 0 Å². The topological polar surface area (TPSA) is 61.4 Å². The summed E-state index contributed by atoms with van der Waals surface area (Å²) in [5.74, 6) is -0.317. The average molecular weight is 400 g/mol. The third kappa shape index (κ3) is 7.94. The Hall–Kier alpha value is -2.89. The van der Waals surface area contributed by atoms with E-state index in [2.05, 4.69) is 17.6 Å². The fraction of sp³-hybridized carbons (Fsp3) is 0.391. The van der Waals surface area contributed by atoms with Crippen LogP contribution in [-0.2, 0) is 4.79 Å². The number of rotatable bonds is 10. The van der Waals surface area contributed by atoms with Crippen molar-refractivity contribution in [3.05, 3.63) is 59.9 Å². The minimum absolute atomic E-state index is 0.0379. The van der Waals surface area contributed by atoms with Crippen LogP contribution in [0.25, 0.3) is 0 Å². The van der Waals surface area contributed by atoms with Crippen molar-refractivity contribution in [2.75, 3.05) is 23.3 Å². The molecule has 0 bridgehead atoms. The van der Waals surface area contributed by atoms with E-state index in [-0.39, 0.29) is 17.8 Å². The molecule has 6 heteroatoms. The summed E-state index contributed by atoms with van der Waals surface area (Å²) in [5, 5.41) is 5.77. The van der Waals surface area contributed by atoms with E-state index in [9.17, 15) is 14.0 Å². The first-order valence-corrected chi connectivity index (χ1v) is 10.2. The monoisotopic (exact) mass is 399 g/mol. The number of benzene rings is 2. The van der Waals surface area contributed by atoms with Gasteiger partial charge in [0, 0.05) is 30.9 Å². The Balaban J connectivity index is 1.94. The van der Waals surface area contributed by atoms with Crippen molar-refractivity contribution in [3.63, 3.8) is 0 Å². The molecule has 0 aliphatic rings. The van der Waals surface area contributed by atoms with E-state index in [0.29, 0.717) is 37.3 Å². The van der Waals surface area contributed by atoms with Crippen LogP contribution in [0.5, 0.6) is 0 Å². The molecule has 0 aliphatic heterocycles. The number of nitrogens with one attached hydrogen (secondary N) is 2. The molecule has 2 rings (SSSR count). The summed E-state index contributed by atoms with van der Waals surface area (Å²) in [6.45, 7) is 4.97. The first-order valence-electron chi connectivity index (χ1n) is 10.2. The molecule has 0 aromatic heterocycles. The van der Waals surface area contributed by atoms with Crippen LogP contribution in [0.2, 0.25) is 0 Å². The van der Waals surface area contributed by atoms with E-state index in [4.69, 9.17) is 0 Å². The normalized spacial score (nSPS) is 10.4. The average Bonchev–Trinajstić information content (AvgIpc) is 2.71. The molecule has 2 N–H and O–H groups in total. The summed E-state index contributed by atoms with van der Waals surface area (Å²) >= 11 is 0. The van der Waals surface area contributed by atoms with Crippen molar-refractivity contribution in [2.45, 2.75) is 46.0 Å². The molecule has 0 atom stereocenters. The van der Waals surface area contributed by atoms with Gasteiger partial charge in [0.2, 0.25) is 5.91 Å². The van der Waals surface area contributed by atoms with Gasteiger partial charge in [-0.1, -0.05) is 37.5 Å². The van der Waals surface area contributed by atoms with Gasteiger partial charge >= 0.3 is 6.03 Å². The van der Waals surface area contributed by atoms with Crippen LogP contribution in [0.3, 0.4) is 0 Å². The maximum absolute atomic E-state index is 13.3. The third-order valence-electron chi connectivity index (χ3n) is 4.57. The predicted molar refractivity (Wildman–Crippen MR) is 116 cm³/mol. The lowest BCUT2D eigenvalue weighted by Gasteiger charge is -2.23. The van der Waals surface area contributed by atoms with E-state index in [1.165, 1.54) is 12.1 Å². The van der Waals surface area contributed by atoms with Gasteiger partial charge in [-0.15, -0.1) is 0 Å². The molecule has 0 spiro atoms. The first-order chi connectivity index (χ1) is 14.0. The summed E-state index contributed by atoms with van der Waals surface area (Å²) in [4.78, 5) is 26.2. The second-order valence-corrected chi connectivity index (χ2v) is 7.08. The van der Waals surface area contributed by atoms with Crippen LogP contribution in [-0.4, -0.2) is 25.0 Å². The lowest BCUT2D eigenvalue weighted by atomic mass is 10.2. The summed E-state index contributed by atoms with van der Waals surface area (Å²) in [6.07, 6.45) is 4.14. The van der Waals surface area contributed by atoms with Crippen molar-refractivity contribution in [2.24, 2.45) is 0 Å². The second kappa shape index (κ2) is 11.8. The van der Waals surface area contributed by atoms with Crippen molar-refractivity contribution in [1.29, 1.82) is 0 Å². The van der Waals surface area contributed by atoms with Crippen LogP contribution in [0.15, 0.2) is 48.5 Å². The highest BCUT2D eigenvalue weighted by Crippen LogP contribution is 2.18. The lowest BCUT2D eigenvalue weighted by Crippen LogP contribution is -2.37. The minimum atomic E-state index is -0.355. The molecule has 29 heavy (non-hydrogen) atoms. The number of carbonyl (C=O) groups is 2. The number of amides is 3. The minimum Gasteiger partial charge on any atom is -0.356 e. The molecule has 2 aromatic rings. The molecule has 156 valence electrons. The van der Waals surface area contributed by atoms with Crippen LogP contribution in [0.4, 0.5) is 20.6 Å². The van der Waals surface area contributed by atoms with E-state index in [1.54, 1.807) is 17.0 Å². The lowest BCUT2D eigenvalue weighted by molar-refractivity contribution is -0.121. The van der Waals surface area contributed by atoms with Crippen LogP contribution >= 0.6 is 0 Å². The highest BCUT2D eigenvalue weighted by Gasteiger charge is 2.16. The number of anilines is 2. The summed E-state index contributed by atoms with van der Waals surface area (Å²) in [6, 6.07) is 13.0. The molecule has 0 unspecified atom stereocenters. The molecule has 0 fully saturated rings. The number of unbranched alkanes of at least 4 members (excludes halogenated alkanes) is 2. The van der Waals surface area contributed by atoms with Crippen molar-refractivity contribution in [1.82, 2.24) is 5.32 Å². The SMILES string of the molecule is CCCCCC(=O)NCCCN(C(=O)Nc1ccc(C)cc1)c1ccc(F)cc1. The molecule has 5 nitrogen and oxygen atoms in total. The van der Waals surface area contributed by atoms with Crippen molar-refractivity contribution < 1.29 is 14.0 Å². The number of halogens is 1. The van der Waals surface area contributed by atoms with E-state index < -0.39 is 0 Å². The van der Waals surface area contributed by atoms with E-state index in [1.807, 2.05) is 31.2 Å². The quantitative estimate of drug-likeness (QED) is 0.536. The molecule has 0 saturated carbocycles. The van der Waals surface area contributed by atoms with E-state index in [0.717, 1.165) is 24.8 Å². The molecule has 0 saturated heterocycles. The highest BCUT2D eigenvalue weighted by molar-refractivity contribution is 6.01. The zero-order valence-corrected chi connectivity index (χ0v) is 17.2. The Morgan fingerprint density at radius 1 is 0.966 bits per heavy atom. The summed E-state index contributed by atoms with van der Waals surface area (Å²) in [7, 11) is 0. The summed E-state index contributed by atoms with van der Waals surface area (Å²) in [5.41, 5.74) is 2.40. The van der Waals surface area contributed by atoms with Gasteiger partial charge in [0.05, 0.1) is 0 Å². The number of aryl methyl sites for hydroxylation is 1. The molecule has 0 heterocycles. The smallest absolute Gasteiger partial charge is 0.326 e. The zero-order valence-electron chi connectivity index (χ0n) is 17.2. The van der Waals surface area contributed by atoms with Gasteiger partial charge in [-0.3, -0.25) is 9.69 Å². The molecule has 0 radical (unpaired) electrons. The van der Waals surface area contributed by atoms with E-state index >= 15 is 0 Å². The molecule has 0 aliphatic carbocycles. The maximum atomic E-state index is 13.3. The van der Waals surface area contributed by atoms with Gasteiger partial charge in [0.25, 0.3) is 0 Å². The predicted octanol–water partition coefficient (Wildman–Crippen LogP) is 5.26. The second-order valence-electron chi connectivity index (χ2n) is 7.08. The fourth-order valence-corrected chi connectivity index (χ4v) is 2.89. The zero-order chi connectivity index (χ0) is 21.1. The van der Waals surface area contributed by atoms with Gasteiger partial charge in [-0.25, -0.2) is 9.18 Å². The fourth-order valence-electron chi connectivity index (χ4n) is 2.89. The standard InChI is InChI=1S/C23H30FN3O2/c1-3-4-5-7-22(28)25-16-6-17-27(21-14-10-19(24)11-15-21)23(29)26-20-12-8-18(2)9-13-20/h8-15H,3-7,16-17H2,1-2H3,(H,25,28)(H,26,29). The first kappa shape index (κ1) is 22.4. The Kier molecular flexibility index (Phi) is 9.15. The van der Waals surface area contributed by atoms with Crippen molar-refractivity contribution in [3.8, 4) is 0 Å². The Labute approximate surface area is 172 Å². The number of carbonyl (C=O) groups excluding carboxylic acids is 2. The summed E-state index contributed by atoms with van der Waals surface area (Å²) < 4.78 is 13.3. The molecule has 3 amide bonds. The maximum Gasteiger partial charge on any atom is 0.326 e. The Bertz CT molecular complexity index is 776. The molecular formula is C23H30FN3O2. The van der Waals surface area contributed by atoms with Crippen molar-refractivity contribution >= 4 is 23.3 Å². The number of nitrogens with zero attached hydrogens (tertiary/aromatic N) is 1. The third-order valence-corrected chi connectivity index (χ3v) is 4.57. The number of hydrogen-bond donors (Lipinski definition) is 2. The van der Waals surface area contributed by atoms with Gasteiger partial charge in [0.1, 0.15) is 5.82 Å². The van der Waals surface area contributed by atoms with Gasteiger partial charge < -0.3 is 10.6 Å². The van der Waals surface area contributed by atoms with Gasteiger partial charge in [-0.05, 0) is 56.2 Å². The van der Waals surface area contributed by atoms with Crippen LogP contribution < -0.4 is 15.5 Å². The highest BCUT2D eigenvalue weighted by atomic mass is 19.1. The largest absolute Gasteiger partial charge is 0.356 e.